The molecular weight excluding hydrogens is 196 g/mol. The van der Waals surface area contributed by atoms with Crippen molar-refractivity contribution in [1.29, 1.82) is 0 Å². The maximum Gasteiger partial charge on any atom is 0.00927 e. The fourth-order valence-electron chi connectivity index (χ4n) is 2.90. The Morgan fingerprint density at radius 3 is 2.56 bits per heavy atom. The Morgan fingerprint density at radius 2 is 1.94 bits per heavy atom. The lowest BCUT2D eigenvalue weighted by Crippen LogP contribution is -2.31. The van der Waals surface area contributed by atoms with Gasteiger partial charge in [0.1, 0.15) is 0 Å². The molecule has 2 nitrogen and oxygen atoms in total. The highest BCUT2D eigenvalue weighted by atomic mass is 15.1. The Labute approximate surface area is 101 Å². The average molecular weight is 224 g/mol. The molecule has 0 amide bonds. The van der Waals surface area contributed by atoms with E-state index in [2.05, 4.69) is 17.1 Å². The maximum atomic E-state index is 3.74. The van der Waals surface area contributed by atoms with E-state index in [1.165, 1.54) is 71.1 Å². The highest BCUT2D eigenvalue weighted by Crippen LogP contribution is 2.33. The van der Waals surface area contributed by atoms with Crippen LogP contribution in [0.15, 0.2) is 0 Å². The Kier molecular flexibility index (Phi) is 5.11. The zero-order valence-electron chi connectivity index (χ0n) is 10.9. The van der Waals surface area contributed by atoms with Gasteiger partial charge < -0.3 is 10.2 Å². The molecule has 2 rings (SSSR count). The molecule has 2 aliphatic rings. The van der Waals surface area contributed by atoms with Crippen molar-refractivity contribution in [3.63, 3.8) is 0 Å². The summed E-state index contributed by atoms with van der Waals surface area (Å²) in [5.41, 5.74) is 0. The molecule has 1 saturated heterocycles. The van der Waals surface area contributed by atoms with Crippen molar-refractivity contribution >= 4 is 0 Å². The van der Waals surface area contributed by atoms with E-state index in [9.17, 15) is 0 Å². The summed E-state index contributed by atoms with van der Waals surface area (Å²) in [6, 6.07) is 0.826. The molecule has 94 valence electrons. The van der Waals surface area contributed by atoms with Gasteiger partial charge in [0.05, 0.1) is 0 Å². The minimum Gasteiger partial charge on any atom is -0.314 e. The highest BCUT2D eigenvalue weighted by molar-refractivity contribution is 4.85. The second-order valence-electron chi connectivity index (χ2n) is 5.56. The Balaban J connectivity index is 1.44. The molecule has 0 bridgehead atoms. The van der Waals surface area contributed by atoms with Crippen molar-refractivity contribution in [2.24, 2.45) is 5.92 Å². The lowest BCUT2D eigenvalue weighted by atomic mass is 10.1. The fraction of sp³-hybridized carbons (Fsp3) is 1.00. The molecule has 0 aromatic heterocycles. The molecule has 1 atom stereocenters. The standard InChI is InChI=1S/C14H28N2/c1-2-14(13-7-8-13)15-9-3-4-10-16-11-5-6-12-16/h13-15H,2-12H2,1H3. The van der Waals surface area contributed by atoms with Crippen LogP contribution >= 0.6 is 0 Å². The van der Waals surface area contributed by atoms with Crippen LogP contribution in [0.2, 0.25) is 0 Å². The van der Waals surface area contributed by atoms with Crippen molar-refractivity contribution in [2.45, 2.75) is 57.9 Å². The van der Waals surface area contributed by atoms with E-state index >= 15 is 0 Å². The molecule has 0 aromatic carbocycles. The van der Waals surface area contributed by atoms with Gasteiger partial charge in [0, 0.05) is 6.04 Å². The van der Waals surface area contributed by atoms with Crippen LogP contribution in [0.25, 0.3) is 0 Å². The quantitative estimate of drug-likeness (QED) is 0.638. The smallest absolute Gasteiger partial charge is 0.00927 e. The summed E-state index contributed by atoms with van der Waals surface area (Å²) in [6.07, 6.45) is 9.86. The molecule has 1 saturated carbocycles. The van der Waals surface area contributed by atoms with Crippen molar-refractivity contribution in [1.82, 2.24) is 10.2 Å². The summed E-state index contributed by atoms with van der Waals surface area (Å²) in [4.78, 5) is 2.62. The van der Waals surface area contributed by atoms with E-state index in [1.54, 1.807) is 0 Å². The summed E-state index contributed by atoms with van der Waals surface area (Å²) in [5.74, 6) is 1.02. The number of hydrogen-bond acceptors (Lipinski definition) is 2. The Bertz CT molecular complexity index is 183. The average Bonchev–Trinajstić information content (AvgIpc) is 3.01. The molecular formula is C14H28N2. The summed E-state index contributed by atoms with van der Waals surface area (Å²) in [6.45, 7) is 7.60. The molecule has 0 aromatic rings. The van der Waals surface area contributed by atoms with E-state index < -0.39 is 0 Å². The van der Waals surface area contributed by atoms with Gasteiger partial charge in [-0.1, -0.05) is 6.92 Å². The summed E-state index contributed by atoms with van der Waals surface area (Å²) in [7, 11) is 0. The molecule has 0 radical (unpaired) electrons. The lowest BCUT2D eigenvalue weighted by Gasteiger charge is -2.17. The topological polar surface area (TPSA) is 15.3 Å². The minimum atomic E-state index is 0.826. The normalized spacial score (nSPS) is 23.8. The van der Waals surface area contributed by atoms with Gasteiger partial charge in [0.25, 0.3) is 0 Å². The molecule has 1 heterocycles. The van der Waals surface area contributed by atoms with E-state index in [4.69, 9.17) is 0 Å². The zero-order valence-corrected chi connectivity index (χ0v) is 10.9. The van der Waals surface area contributed by atoms with Crippen molar-refractivity contribution in [3.8, 4) is 0 Å². The lowest BCUT2D eigenvalue weighted by molar-refractivity contribution is 0.326. The third-order valence-corrected chi connectivity index (χ3v) is 4.14. The second kappa shape index (κ2) is 6.61. The first-order valence-corrected chi connectivity index (χ1v) is 7.36. The maximum absolute atomic E-state index is 3.74. The molecule has 1 aliphatic carbocycles. The summed E-state index contributed by atoms with van der Waals surface area (Å²) < 4.78 is 0. The van der Waals surface area contributed by atoms with Crippen LogP contribution in [0.5, 0.6) is 0 Å². The van der Waals surface area contributed by atoms with Crippen molar-refractivity contribution < 1.29 is 0 Å². The number of likely N-dealkylation sites (tertiary alicyclic amines) is 1. The predicted octanol–water partition coefficient (Wildman–Crippen LogP) is 2.64. The number of unbranched alkanes of at least 4 members (excludes halogenated alkanes) is 1. The number of hydrogen-bond donors (Lipinski definition) is 1. The first kappa shape index (κ1) is 12.4. The van der Waals surface area contributed by atoms with E-state index in [1.807, 2.05) is 0 Å². The number of nitrogens with one attached hydrogen (secondary N) is 1. The van der Waals surface area contributed by atoms with Crippen molar-refractivity contribution in [2.75, 3.05) is 26.2 Å². The Hall–Kier alpha value is -0.0800. The van der Waals surface area contributed by atoms with Crippen molar-refractivity contribution in [3.05, 3.63) is 0 Å². The van der Waals surface area contributed by atoms with Gasteiger partial charge >= 0.3 is 0 Å². The van der Waals surface area contributed by atoms with Gasteiger partial charge in [-0.15, -0.1) is 0 Å². The molecule has 1 N–H and O–H groups in total. The number of rotatable bonds is 8. The first-order valence-electron chi connectivity index (χ1n) is 7.36. The SMILES string of the molecule is CCC(NCCCCN1CCCC1)C1CC1. The van der Waals surface area contributed by atoms with Crippen LogP contribution in [-0.4, -0.2) is 37.1 Å². The van der Waals surface area contributed by atoms with Crippen LogP contribution in [0.4, 0.5) is 0 Å². The molecule has 2 fully saturated rings. The zero-order chi connectivity index (χ0) is 11.2. The minimum absolute atomic E-state index is 0.826. The van der Waals surface area contributed by atoms with Crippen LogP contribution in [-0.2, 0) is 0 Å². The molecule has 16 heavy (non-hydrogen) atoms. The second-order valence-corrected chi connectivity index (χ2v) is 5.56. The molecule has 1 unspecified atom stereocenters. The largest absolute Gasteiger partial charge is 0.314 e. The van der Waals surface area contributed by atoms with Crippen LogP contribution in [0, 0.1) is 5.92 Å². The monoisotopic (exact) mass is 224 g/mol. The Morgan fingerprint density at radius 1 is 1.19 bits per heavy atom. The third kappa shape index (κ3) is 4.06. The molecule has 0 spiro atoms. The van der Waals surface area contributed by atoms with Crippen LogP contribution in [0.3, 0.4) is 0 Å². The van der Waals surface area contributed by atoms with Gasteiger partial charge in [-0.05, 0) is 77.0 Å². The molecule has 2 heteroatoms. The summed E-state index contributed by atoms with van der Waals surface area (Å²) in [5, 5.41) is 3.74. The van der Waals surface area contributed by atoms with Gasteiger partial charge in [-0.25, -0.2) is 0 Å². The number of nitrogens with zero attached hydrogens (tertiary/aromatic N) is 1. The van der Waals surface area contributed by atoms with Gasteiger partial charge in [0.15, 0.2) is 0 Å². The highest BCUT2D eigenvalue weighted by Gasteiger charge is 2.29. The first-order chi connectivity index (χ1) is 7.90. The summed E-state index contributed by atoms with van der Waals surface area (Å²) >= 11 is 0. The van der Waals surface area contributed by atoms with E-state index in [-0.39, 0.29) is 0 Å². The fourth-order valence-corrected chi connectivity index (χ4v) is 2.90. The van der Waals surface area contributed by atoms with Crippen LogP contribution < -0.4 is 5.32 Å². The predicted molar refractivity (Wildman–Crippen MR) is 69.7 cm³/mol. The third-order valence-electron chi connectivity index (χ3n) is 4.14. The van der Waals surface area contributed by atoms with E-state index in [0.29, 0.717) is 0 Å². The van der Waals surface area contributed by atoms with Gasteiger partial charge in [-0.3, -0.25) is 0 Å². The molecule has 1 aliphatic heterocycles. The van der Waals surface area contributed by atoms with Gasteiger partial charge in [0.2, 0.25) is 0 Å². The van der Waals surface area contributed by atoms with Gasteiger partial charge in [-0.2, -0.15) is 0 Å². The van der Waals surface area contributed by atoms with E-state index in [0.717, 1.165) is 12.0 Å². The van der Waals surface area contributed by atoms with Crippen LogP contribution in [0.1, 0.15) is 51.9 Å².